The van der Waals surface area contributed by atoms with E-state index >= 15 is 0 Å². The molecule has 0 aliphatic rings. The Labute approximate surface area is 395 Å². The molecule has 0 amide bonds. The van der Waals surface area contributed by atoms with E-state index in [9.17, 15) is 4.79 Å². The Morgan fingerprint density at radius 1 is 0.531 bits per heavy atom. The highest BCUT2D eigenvalue weighted by Crippen LogP contribution is 2.35. The van der Waals surface area contributed by atoms with Gasteiger partial charge in [-0.25, -0.2) is 0 Å². The molecule has 0 unspecified atom stereocenters. The van der Waals surface area contributed by atoms with Crippen molar-refractivity contribution in [3.63, 3.8) is 0 Å². The molecular formula is C59H69Cl2NO2. The molecule has 0 atom stereocenters. The monoisotopic (exact) mass is 893 g/mol. The fraction of sp³-hybridized carbons (Fsp3) is 0.305. The molecule has 0 heterocycles. The van der Waals surface area contributed by atoms with Crippen LogP contribution in [0.5, 0.6) is 5.75 Å². The first-order chi connectivity index (χ1) is 30.6. The first-order valence-electron chi connectivity index (χ1n) is 22.7. The lowest BCUT2D eigenvalue weighted by atomic mass is 9.98. The summed E-state index contributed by atoms with van der Waals surface area (Å²) in [7, 11) is 1.70. The predicted molar refractivity (Wildman–Crippen MR) is 280 cm³/mol. The van der Waals surface area contributed by atoms with Gasteiger partial charge in [0.15, 0.2) is 5.78 Å². The molecule has 0 saturated heterocycles. The van der Waals surface area contributed by atoms with Gasteiger partial charge in [-0.3, -0.25) is 4.79 Å². The van der Waals surface area contributed by atoms with Gasteiger partial charge in [0.2, 0.25) is 0 Å². The summed E-state index contributed by atoms with van der Waals surface area (Å²) in [6.07, 6.45) is 1.81. The number of hydrogen-bond donors (Lipinski definition) is 1. The Morgan fingerprint density at radius 3 is 1.64 bits per heavy atom. The number of para-hydroxylation sites is 2. The van der Waals surface area contributed by atoms with Crippen molar-refractivity contribution in [2.45, 2.75) is 99.8 Å². The van der Waals surface area contributed by atoms with Gasteiger partial charge >= 0.3 is 0 Å². The van der Waals surface area contributed by atoms with Crippen LogP contribution in [0.3, 0.4) is 0 Å². The predicted octanol–water partition coefficient (Wildman–Crippen LogP) is 18.4. The molecule has 0 bridgehead atoms. The molecule has 0 aliphatic heterocycles. The van der Waals surface area contributed by atoms with E-state index in [1.807, 2.05) is 84.9 Å². The van der Waals surface area contributed by atoms with E-state index in [1.165, 1.54) is 45.0 Å². The fourth-order valence-corrected chi connectivity index (χ4v) is 7.56. The maximum Gasteiger partial charge on any atom is 0.163 e. The Morgan fingerprint density at radius 2 is 1.08 bits per heavy atom. The third-order valence-corrected chi connectivity index (χ3v) is 11.4. The SMILES string of the molecule is CC(C)CC(=O)c1ccc(-c2ccccc2)cc1.CC(C)Cc1ccc(C(C)C)cc1.CC(C)c1ccccc1Nc1c(Cl)cccc1Cl.COc1ccc2cc(C(C)C)ccc2c1. The molecule has 0 saturated carbocycles. The van der Waals surface area contributed by atoms with Crippen molar-refractivity contribution < 1.29 is 9.53 Å². The number of rotatable bonds is 12. The molecule has 0 radical (unpaired) electrons. The first-order valence-corrected chi connectivity index (χ1v) is 23.5. The lowest BCUT2D eigenvalue weighted by molar-refractivity contribution is 0.0968. The zero-order chi connectivity index (χ0) is 46.8. The van der Waals surface area contributed by atoms with Gasteiger partial charge in [-0.05, 0) is 110 Å². The van der Waals surface area contributed by atoms with E-state index < -0.39 is 0 Å². The third kappa shape index (κ3) is 16.3. The number of methoxy groups -OCH3 is 1. The molecule has 0 fully saturated rings. The number of ether oxygens (including phenoxy) is 1. The second-order valence-electron chi connectivity index (χ2n) is 18.0. The number of carbonyl (C=O) groups excluding carboxylic acids is 1. The van der Waals surface area contributed by atoms with E-state index in [0.717, 1.165) is 34.2 Å². The van der Waals surface area contributed by atoms with Gasteiger partial charge in [-0.15, -0.1) is 0 Å². The van der Waals surface area contributed by atoms with Gasteiger partial charge in [-0.1, -0.05) is 220 Å². The number of benzene rings is 7. The van der Waals surface area contributed by atoms with Crippen LogP contribution >= 0.6 is 23.2 Å². The average Bonchev–Trinajstić information content (AvgIpc) is 3.28. The smallest absolute Gasteiger partial charge is 0.163 e. The molecule has 7 rings (SSSR count). The number of Topliss-reactive ketones (excluding diaryl/α,β-unsaturated/α-hetero) is 1. The van der Waals surface area contributed by atoms with Crippen LogP contribution in [0.25, 0.3) is 21.9 Å². The largest absolute Gasteiger partial charge is 0.497 e. The van der Waals surface area contributed by atoms with Crippen molar-refractivity contribution in [2.75, 3.05) is 12.4 Å². The molecule has 3 nitrogen and oxygen atoms in total. The minimum absolute atomic E-state index is 0.226. The number of nitrogens with one attached hydrogen (secondary N) is 1. The Kier molecular flexibility index (Phi) is 20.7. The Bertz CT molecular complexity index is 2450. The maximum atomic E-state index is 11.9. The van der Waals surface area contributed by atoms with Crippen molar-refractivity contribution in [1.82, 2.24) is 0 Å². The second-order valence-corrected chi connectivity index (χ2v) is 18.9. The number of halogens is 2. The van der Waals surface area contributed by atoms with Crippen LogP contribution < -0.4 is 10.1 Å². The highest BCUT2D eigenvalue weighted by atomic mass is 35.5. The van der Waals surface area contributed by atoms with Crippen molar-refractivity contribution in [3.8, 4) is 16.9 Å². The van der Waals surface area contributed by atoms with Crippen LogP contribution in [-0.2, 0) is 6.42 Å². The summed E-state index contributed by atoms with van der Waals surface area (Å²) in [4.78, 5) is 11.9. The normalized spacial score (nSPS) is 10.8. The summed E-state index contributed by atoms with van der Waals surface area (Å²) in [5.41, 5.74) is 10.5. The summed E-state index contributed by atoms with van der Waals surface area (Å²) < 4.78 is 5.20. The van der Waals surface area contributed by atoms with E-state index in [0.29, 0.717) is 40.1 Å². The molecule has 0 aromatic heterocycles. The molecule has 0 spiro atoms. The van der Waals surface area contributed by atoms with Gasteiger partial charge in [0.1, 0.15) is 5.75 Å². The van der Waals surface area contributed by atoms with Gasteiger partial charge in [0.05, 0.1) is 22.8 Å². The number of anilines is 2. The van der Waals surface area contributed by atoms with E-state index in [2.05, 4.69) is 147 Å². The van der Waals surface area contributed by atoms with Gasteiger partial charge in [-0.2, -0.15) is 0 Å². The standard InChI is InChI=1S/C17H18O.C15H15Cl2N.C14H16O.C13H20/c1-13(2)12-17(18)16-10-8-15(9-11-16)14-6-4-3-5-7-14;1-10(2)11-6-3-4-9-14(11)18-15-12(16)7-5-8-13(15)17;1-10(2)11-4-5-13-9-14(15-3)7-6-12(13)8-11;1-10(2)9-12-5-7-13(8-6-12)11(3)4/h3-11,13H,12H2,1-2H3;3-10,18H,1-2H3;4-10H,1-3H3;5-8,10-11H,9H2,1-4H3. The summed E-state index contributed by atoms with van der Waals surface area (Å²) in [5.74, 6) is 3.97. The first kappa shape index (κ1) is 51.3. The molecule has 336 valence electrons. The minimum atomic E-state index is 0.226. The summed E-state index contributed by atoms with van der Waals surface area (Å²) >= 11 is 12.3. The van der Waals surface area contributed by atoms with Crippen LogP contribution in [0.1, 0.15) is 126 Å². The zero-order valence-corrected chi connectivity index (χ0v) is 41.4. The second kappa shape index (κ2) is 25.8. The highest BCUT2D eigenvalue weighted by molar-refractivity contribution is 6.39. The van der Waals surface area contributed by atoms with E-state index in [-0.39, 0.29) is 5.78 Å². The lowest BCUT2D eigenvalue weighted by Crippen LogP contribution is -2.03. The highest BCUT2D eigenvalue weighted by Gasteiger charge is 2.11. The van der Waals surface area contributed by atoms with E-state index in [1.54, 1.807) is 7.11 Å². The van der Waals surface area contributed by atoms with Crippen molar-refractivity contribution >= 4 is 51.1 Å². The van der Waals surface area contributed by atoms with E-state index in [4.69, 9.17) is 27.9 Å². The van der Waals surface area contributed by atoms with Crippen molar-refractivity contribution in [3.05, 3.63) is 196 Å². The Hall–Kier alpha value is -5.35. The summed E-state index contributed by atoms with van der Waals surface area (Å²) in [6, 6.07) is 53.6. The molecule has 0 aliphatic carbocycles. The molecule has 7 aromatic rings. The topological polar surface area (TPSA) is 38.3 Å². The van der Waals surface area contributed by atoms with Crippen LogP contribution in [0.4, 0.5) is 11.4 Å². The fourth-order valence-electron chi connectivity index (χ4n) is 7.07. The van der Waals surface area contributed by atoms with Crippen LogP contribution in [0, 0.1) is 11.8 Å². The summed E-state index contributed by atoms with van der Waals surface area (Å²) in [5, 5.41) is 7.09. The van der Waals surface area contributed by atoms with Crippen molar-refractivity contribution in [2.24, 2.45) is 11.8 Å². The maximum absolute atomic E-state index is 11.9. The molecule has 1 N–H and O–H groups in total. The third-order valence-electron chi connectivity index (χ3n) is 10.7. The quantitative estimate of drug-likeness (QED) is 0.124. The molecule has 64 heavy (non-hydrogen) atoms. The number of hydrogen-bond acceptors (Lipinski definition) is 3. The van der Waals surface area contributed by atoms with Crippen LogP contribution in [-0.4, -0.2) is 12.9 Å². The minimum Gasteiger partial charge on any atom is -0.497 e. The van der Waals surface area contributed by atoms with Gasteiger partial charge in [0, 0.05) is 17.7 Å². The van der Waals surface area contributed by atoms with Gasteiger partial charge < -0.3 is 10.1 Å². The van der Waals surface area contributed by atoms with Crippen LogP contribution in [0.15, 0.2) is 158 Å². The Balaban J connectivity index is 0.000000189. The zero-order valence-electron chi connectivity index (χ0n) is 39.9. The lowest BCUT2D eigenvalue weighted by Gasteiger charge is -2.16. The molecule has 5 heteroatoms. The molecule has 7 aromatic carbocycles. The van der Waals surface area contributed by atoms with Gasteiger partial charge in [0.25, 0.3) is 0 Å². The summed E-state index contributed by atoms with van der Waals surface area (Å²) in [6.45, 7) is 21.9. The van der Waals surface area contributed by atoms with Crippen molar-refractivity contribution in [1.29, 1.82) is 0 Å². The number of ketones is 1. The van der Waals surface area contributed by atoms with Crippen LogP contribution in [0.2, 0.25) is 10.0 Å². The average molecular weight is 895 g/mol. The number of carbonyl (C=O) groups is 1. The number of fused-ring (bicyclic) bond motifs is 1. The molecular weight excluding hydrogens is 826 g/mol.